The minimum atomic E-state index is -2.89. The Morgan fingerprint density at radius 2 is 1.87 bits per heavy atom. The second kappa shape index (κ2) is 9.98. The van der Waals surface area contributed by atoms with Crippen LogP contribution in [0.5, 0.6) is 5.75 Å². The molecule has 2 atom stereocenters. The van der Waals surface area contributed by atoms with Crippen LogP contribution in [0.15, 0.2) is 36.5 Å². The molecular weight excluding hydrogens is 492 g/mol. The minimum absolute atomic E-state index is 0.0477. The van der Waals surface area contributed by atoms with E-state index < -0.39 is 12.5 Å². The van der Waals surface area contributed by atoms with Crippen molar-refractivity contribution in [3.8, 4) is 16.9 Å². The number of nitrogens with one attached hydrogen (secondary N) is 1. The van der Waals surface area contributed by atoms with E-state index in [2.05, 4.69) is 19.9 Å². The lowest BCUT2D eigenvalue weighted by atomic mass is 9.99. The third-order valence-corrected chi connectivity index (χ3v) is 7.88. The summed E-state index contributed by atoms with van der Waals surface area (Å²) in [6.45, 7) is -0.661. The summed E-state index contributed by atoms with van der Waals surface area (Å²) >= 11 is 0. The molecule has 1 amide bonds. The summed E-state index contributed by atoms with van der Waals surface area (Å²) in [5.41, 5.74) is 10.0. The molecule has 3 N–H and O–H groups in total. The summed E-state index contributed by atoms with van der Waals surface area (Å²) in [7, 11) is 0. The number of H-pyrrole nitrogens is 1. The number of amides is 1. The van der Waals surface area contributed by atoms with Gasteiger partial charge in [-0.3, -0.25) is 4.79 Å². The number of halogens is 2. The van der Waals surface area contributed by atoms with E-state index in [9.17, 15) is 13.6 Å². The molecule has 10 heteroatoms. The van der Waals surface area contributed by atoms with Crippen molar-refractivity contribution in [2.24, 2.45) is 5.73 Å². The van der Waals surface area contributed by atoms with E-state index in [-0.39, 0.29) is 29.6 Å². The van der Waals surface area contributed by atoms with Crippen LogP contribution in [0.4, 0.5) is 14.7 Å². The molecule has 2 aromatic heterocycles. The van der Waals surface area contributed by atoms with Crippen molar-refractivity contribution in [2.75, 3.05) is 4.90 Å². The second-order valence-corrected chi connectivity index (χ2v) is 10.5. The van der Waals surface area contributed by atoms with Gasteiger partial charge in [-0.15, -0.1) is 0 Å². The Balaban J connectivity index is 1.21. The highest BCUT2D eigenvalue weighted by atomic mass is 19.3. The number of aromatic nitrogens is 3. The SMILES string of the molecule is Cc1cc(C(N)=O)nc(N2C3CCC2CC(OCc2c(-c4ccccc4OC(F)F)c[nH]c2C2CC2)C3)n1. The quantitative estimate of drug-likeness (QED) is 0.405. The number of rotatable bonds is 9. The molecule has 0 spiro atoms. The Labute approximate surface area is 219 Å². The number of hydrogen-bond acceptors (Lipinski definition) is 6. The zero-order valence-electron chi connectivity index (χ0n) is 21.2. The van der Waals surface area contributed by atoms with Gasteiger partial charge < -0.3 is 25.1 Å². The average molecular weight is 524 g/mol. The molecule has 1 aromatic carbocycles. The normalized spacial score (nSPS) is 22.7. The number of aromatic amines is 1. The first kappa shape index (κ1) is 24.8. The van der Waals surface area contributed by atoms with E-state index in [0.717, 1.165) is 55.3 Å². The number of alkyl halides is 2. The summed E-state index contributed by atoms with van der Waals surface area (Å²) in [6, 6.07) is 8.94. The van der Waals surface area contributed by atoms with E-state index in [4.69, 9.17) is 15.2 Å². The maximum absolute atomic E-state index is 13.1. The lowest BCUT2D eigenvalue weighted by Gasteiger charge is -2.39. The van der Waals surface area contributed by atoms with E-state index in [0.29, 0.717) is 29.7 Å². The van der Waals surface area contributed by atoms with Gasteiger partial charge in [-0.25, -0.2) is 9.97 Å². The number of carbonyl (C=O) groups excluding carboxylic acids is 1. The van der Waals surface area contributed by atoms with Gasteiger partial charge in [0.2, 0.25) is 5.95 Å². The van der Waals surface area contributed by atoms with E-state index in [1.54, 1.807) is 18.2 Å². The number of ether oxygens (including phenoxy) is 2. The highest BCUT2D eigenvalue weighted by Crippen LogP contribution is 2.46. The molecular formula is C28H31F2N5O3. The molecule has 6 rings (SSSR count). The summed E-state index contributed by atoms with van der Waals surface area (Å²) in [6.07, 6.45) is 7.81. The van der Waals surface area contributed by atoms with Crippen LogP contribution < -0.4 is 15.4 Å². The second-order valence-electron chi connectivity index (χ2n) is 10.5. The first-order valence-corrected chi connectivity index (χ1v) is 13.2. The summed E-state index contributed by atoms with van der Waals surface area (Å²) in [5.74, 6) is 0.604. The number of benzene rings is 1. The predicted molar refractivity (Wildman–Crippen MR) is 137 cm³/mol. The molecule has 2 aliphatic heterocycles. The maximum atomic E-state index is 13.1. The lowest BCUT2D eigenvalue weighted by Crippen LogP contribution is -2.46. The van der Waals surface area contributed by atoms with Crippen LogP contribution in [0.3, 0.4) is 0 Å². The third kappa shape index (κ3) is 4.84. The van der Waals surface area contributed by atoms with Crippen molar-refractivity contribution in [3.05, 3.63) is 59.2 Å². The molecule has 38 heavy (non-hydrogen) atoms. The molecule has 2 saturated heterocycles. The average Bonchev–Trinajstić information content (AvgIpc) is 3.58. The summed E-state index contributed by atoms with van der Waals surface area (Å²) in [4.78, 5) is 26.4. The summed E-state index contributed by atoms with van der Waals surface area (Å²) < 4.78 is 37.5. The van der Waals surface area contributed by atoms with Crippen molar-refractivity contribution in [1.82, 2.24) is 15.0 Å². The maximum Gasteiger partial charge on any atom is 0.387 e. The van der Waals surface area contributed by atoms with Crippen LogP contribution >= 0.6 is 0 Å². The molecule has 2 unspecified atom stereocenters. The molecule has 1 aliphatic carbocycles. The number of nitrogens with two attached hydrogens (primary N) is 1. The fourth-order valence-corrected chi connectivity index (χ4v) is 6.07. The first-order chi connectivity index (χ1) is 18.4. The largest absolute Gasteiger partial charge is 0.434 e. The van der Waals surface area contributed by atoms with Crippen LogP contribution in [0.25, 0.3) is 11.1 Å². The number of carbonyl (C=O) groups is 1. The molecule has 0 radical (unpaired) electrons. The molecule has 2 bridgehead atoms. The standard InChI is InChI=1S/C28H31F2N5O3/c1-15-10-23(26(31)36)34-28(33-15)35-17-8-9-18(35)12-19(11-17)37-14-22-21(13-32-25(22)16-6-7-16)20-4-2-3-5-24(20)38-27(29)30/h2-5,10,13,16-19,27,32H,6-9,11-12,14H2,1H3,(H2,31,36). The van der Waals surface area contributed by atoms with Gasteiger partial charge in [0.1, 0.15) is 11.4 Å². The highest BCUT2D eigenvalue weighted by Gasteiger charge is 2.43. The topological polar surface area (TPSA) is 106 Å². The molecule has 4 heterocycles. The van der Waals surface area contributed by atoms with Gasteiger partial charge in [0.05, 0.1) is 12.7 Å². The first-order valence-electron chi connectivity index (χ1n) is 13.2. The van der Waals surface area contributed by atoms with Gasteiger partial charge in [0, 0.05) is 46.4 Å². The molecule has 1 saturated carbocycles. The van der Waals surface area contributed by atoms with Crippen molar-refractivity contribution < 1.29 is 23.0 Å². The number of anilines is 1. The van der Waals surface area contributed by atoms with Crippen LogP contribution in [-0.4, -0.2) is 45.7 Å². The Morgan fingerprint density at radius 3 is 2.55 bits per heavy atom. The fraction of sp³-hybridized carbons (Fsp3) is 0.464. The molecule has 3 aliphatic rings. The van der Waals surface area contributed by atoms with Crippen LogP contribution in [0.2, 0.25) is 0 Å². The smallest absolute Gasteiger partial charge is 0.387 e. The third-order valence-electron chi connectivity index (χ3n) is 7.88. The number of piperidine rings is 1. The van der Waals surface area contributed by atoms with Gasteiger partial charge in [0.15, 0.2) is 0 Å². The Morgan fingerprint density at radius 1 is 1.13 bits per heavy atom. The zero-order chi connectivity index (χ0) is 26.4. The number of para-hydroxylation sites is 1. The fourth-order valence-electron chi connectivity index (χ4n) is 6.07. The van der Waals surface area contributed by atoms with Crippen molar-refractivity contribution in [2.45, 2.75) is 82.8 Å². The van der Waals surface area contributed by atoms with Gasteiger partial charge in [-0.1, -0.05) is 18.2 Å². The van der Waals surface area contributed by atoms with E-state index in [1.165, 1.54) is 0 Å². The number of aryl methyl sites for hydroxylation is 1. The number of fused-ring (bicyclic) bond motifs is 2. The molecule has 3 aromatic rings. The molecule has 8 nitrogen and oxygen atoms in total. The van der Waals surface area contributed by atoms with Crippen molar-refractivity contribution in [1.29, 1.82) is 0 Å². The monoisotopic (exact) mass is 523 g/mol. The Bertz CT molecular complexity index is 1330. The Kier molecular flexibility index (Phi) is 6.51. The van der Waals surface area contributed by atoms with Gasteiger partial charge >= 0.3 is 6.61 Å². The predicted octanol–water partition coefficient (Wildman–Crippen LogP) is 5.07. The highest BCUT2D eigenvalue weighted by molar-refractivity contribution is 5.91. The van der Waals surface area contributed by atoms with E-state index >= 15 is 0 Å². The van der Waals surface area contributed by atoms with Gasteiger partial charge in [0.25, 0.3) is 5.91 Å². The van der Waals surface area contributed by atoms with Crippen LogP contribution in [0, 0.1) is 6.92 Å². The summed E-state index contributed by atoms with van der Waals surface area (Å²) in [5, 5.41) is 0. The number of hydrogen-bond donors (Lipinski definition) is 2. The molecule has 3 fully saturated rings. The van der Waals surface area contributed by atoms with Crippen molar-refractivity contribution >= 4 is 11.9 Å². The lowest BCUT2D eigenvalue weighted by molar-refractivity contribution is -0.0494. The van der Waals surface area contributed by atoms with Gasteiger partial charge in [-0.2, -0.15) is 8.78 Å². The number of nitrogens with zero attached hydrogens (tertiary/aromatic N) is 3. The van der Waals surface area contributed by atoms with Crippen LogP contribution in [0.1, 0.15) is 71.9 Å². The zero-order valence-corrected chi connectivity index (χ0v) is 21.2. The van der Waals surface area contributed by atoms with Crippen molar-refractivity contribution in [3.63, 3.8) is 0 Å². The van der Waals surface area contributed by atoms with Gasteiger partial charge in [-0.05, 0) is 63.5 Å². The number of primary amides is 1. The van der Waals surface area contributed by atoms with Crippen LogP contribution in [-0.2, 0) is 11.3 Å². The Hall–Kier alpha value is -3.53. The molecule has 200 valence electrons. The minimum Gasteiger partial charge on any atom is -0.434 e. The van der Waals surface area contributed by atoms with E-state index in [1.807, 2.05) is 25.3 Å².